The van der Waals surface area contributed by atoms with E-state index in [1.54, 1.807) is 4.90 Å². The smallest absolute Gasteiger partial charge is 0.410 e. The second-order valence-electron chi connectivity index (χ2n) is 6.57. The Hall–Kier alpha value is -2.22. The van der Waals surface area contributed by atoms with E-state index >= 15 is 0 Å². The number of anilines is 1. The number of ether oxygens (including phenoxy) is 1. The molecule has 1 aromatic rings. The van der Waals surface area contributed by atoms with Crippen molar-refractivity contribution in [1.29, 1.82) is 5.26 Å². The van der Waals surface area contributed by atoms with Crippen LogP contribution in [0, 0.1) is 18.3 Å². The fraction of sp³-hybridized carbons (Fsp3) is 0.529. The van der Waals surface area contributed by atoms with Crippen molar-refractivity contribution in [2.75, 3.05) is 31.1 Å². The van der Waals surface area contributed by atoms with E-state index in [-0.39, 0.29) is 6.09 Å². The third kappa shape index (κ3) is 3.91. The number of aryl methyl sites for hydroxylation is 1. The molecule has 1 fully saturated rings. The number of benzene rings is 1. The maximum atomic E-state index is 12.1. The number of nitriles is 1. The molecule has 1 aliphatic heterocycles. The molecular weight excluding hydrogens is 278 g/mol. The summed E-state index contributed by atoms with van der Waals surface area (Å²) in [7, 11) is 0. The molecule has 0 spiro atoms. The first-order valence-electron chi connectivity index (χ1n) is 7.54. The zero-order valence-corrected chi connectivity index (χ0v) is 13.7. The van der Waals surface area contributed by atoms with Gasteiger partial charge in [-0.05, 0) is 51.5 Å². The van der Waals surface area contributed by atoms with Crippen molar-refractivity contribution < 1.29 is 9.53 Å². The predicted molar refractivity (Wildman–Crippen MR) is 85.9 cm³/mol. The van der Waals surface area contributed by atoms with Gasteiger partial charge in [-0.1, -0.05) is 0 Å². The molecule has 0 aromatic heterocycles. The molecule has 1 heterocycles. The van der Waals surface area contributed by atoms with Crippen LogP contribution in [0.3, 0.4) is 0 Å². The Morgan fingerprint density at radius 3 is 2.36 bits per heavy atom. The quantitative estimate of drug-likeness (QED) is 0.800. The molecule has 1 aromatic carbocycles. The SMILES string of the molecule is Cc1cc(C#N)ccc1N1CCN(C(=O)OC(C)(C)C)CC1. The van der Waals surface area contributed by atoms with Gasteiger partial charge >= 0.3 is 6.09 Å². The Morgan fingerprint density at radius 2 is 1.86 bits per heavy atom. The van der Waals surface area contributed by atoms with Gasteiger partial charge in [0.15, 0.2) is 0 Å². The Morgan fingerprint density at radius 1 is 1.23 bits per heavy atom. The van der Waals surface area contributed by atoms with Gasteiger partial charge in [0, 0.05) is 31.9 Å². The molecule has 1 amide bonds. The molecule has 5 heteroatoms. The normalized spacial score (nSPS) is 15.4. The summed E-state index contributed by atoms with van der Waals surface area (Å²) in [4.78, 5) is 16.1. The molecule has 1 saturated heterocycles. The van der Waals surface area contributed by atoms with Crippen molar-refractivity contribution in [2.45, 2.75) is 33.3 Å². The molecule has 22 heavy (non-hydrogen) atoms. The van der Waals surface area contributed by atoms with Crippen LogP contribution in [0.15, 0.2) is 18.2 Å². The minimum absolute atomic E-state index is 0.247. The first kappa shape index (κ1) is 16.2. The Bertz CT molecular complexity index is 591. The highest BCUT2D eigenvalue weighted by Gasteiger charge is 2.26. The zero-order valence-electron chi connectivity index (χ0n) is 13.7. The fourth-order valence-electron chi connectivity index (χ4n) is 2.54. The lowest BCUT2D eigenvalue weighted by atomic mass is 10.1. The molecule has 0 saturated carbocycles. The van der Waals surface area contributed by atoms with Gasteiger partial charge in [0.2, 0.25) is 0 Å². The molecule has 1 aliphatic rings. The van der Waals surface area contributed by atoms with E-state index in [0.29, 0.717) is 18.7 Å². The van der Waals surface area contributed by atoms with E-state index in [4.69, 9.17) is 10.00 Å². The highest BCUT2D eigenvalue weighted by atomic mass is 16.6. The lowest BCUT2D eigenvalue weighted by Gasteiger charge is -2.37. The molecule has 2 rings (SSSR count). The number of piperazine rings is 1. The van der Waals surface area contributed by atoms with E-state index in [0.717, 1.165) is 24.3 Å². The zero-order chi connectivity index (χ0) is 16.3. The summed E-state index contributed by atoms with van der Waals surface area (Å²) in [6, 6.07) is 7.87. The summed E-state index contributed by atoms with van der Waals surface area (Å²) in [5.41, 5.74) is 2.43. The van der Waals surface area contributed by atoms with Gasteiger partial charge in [0.05, 0.1) is 11.6 Å². The molecule has 0 atom stereocenters. The number of amides is 1. The maximum absolute atomic E-state index is 12.1. The van der Waals surface area contributed by atoms with E-state index in [1.807, 2.05) is 45.9 Å². The maximum Gasteiger partial charge on any atom is 0.410 e. The number of rotatable bonds is 1. The number of carbonyl (C=O) groups is 1. The molecule has 118 valence electrons. The van der Waals surface area contributed by atoms with Gasteiger partial charge in [0.1, 0.15) is 5.60 Å². The lowest BCUT2D eigenvalue weighted by molar-refractivity contribution is 0.0240. The number of nitrogens with zero attached hydrogens (tertiary/aromatic N) is 3. The topological polar surface area (TPSA) is 56.6 Å². The van der Waals surface area contributed by atoms with Crippen LogP contribution in [-0.4, -0.2) is 42.8 Å². The van der Waals surface area contributed by atoms with Crippen LogP contribution in [0.1, 0.15) is 31.9 Å². The monoisotopic (exact) mass is 301 g/mol. The third-order valence-electron chi connectivity index (χ3n) is 3.60. The summed E-state index contributed by atoms with van der Waals surface area (Å²) in [6.07, 6.45) is -0.247. The molecule has 0 aliphatic carbocycles. The number of carbonyl (C=O) groups excluding carboxylic acids is 1. The van der Waals surface area contributed by atoms with Crippen LogP contribution in [0.2, 0.25) is 0 Å². The van der Waals surface area contributed by atoms with Gasteiger partial charge in [-0.25, -0.2) is 4.79 Å². The van der Waals surface area contributed by atoms with Crippen molar-refractivity contribution in [3.63, 3.8) is 0 Å². The average Bonchev–Trinajstić information content (AvgIpc) is 2.45. The molecule has 0 radical (unpaired) electrons. The summed E-state index contributed by atoms with van der Waals surface area (Å²) in [6.45, 7) is 10.5. The van der Waals surface area contributed by atoms with E-state index in [9.17, 15) is 4.79 Å². The molecule has 0 N–H and O–H groups in total. The highest BCUT2D eigenvalue weighted by molar-refractivity contribution is 5.69. The minimum atomic E-state index is -0.460. The average molecular weight is 301 g/mol. The van der Waals surface area contributed by atoms with Gasteiger partial charge in [-0.3, -0.25) is 0 Å². The van der Waals surface area contributed by atoms with Crippen molar-refractivity contribution in [2.24, 2.45) is 0 Å². The van der Waals surface area contributed by atoms with Crippen LogP contribution in [0.25, 0.3) is 0 Å². The van der Waals surface area contributed by atoms with Gasteiger partial charge in [-0.15, -0.1) is 0 Å². The van der Waals surface area contributed by atoms with Gasteiger partial charge in [-0.2, -0.15) is 5.26 Å². The standard InChI is InChI=1S/C17H23N3O2/c1-13-11-14(12-18)5-6-15(13)19-7-9-20(10-8-19)16(21)22-17(2,3)4/h5-6,11H,7-10H2,1-4H3. The third-order valence-corrected chi connectivity index (χ3v) is 3.60. The molecule has 5 nitrogen and oxygen atoms in total. The number of hydrogen-bond acceptors (Lipinski definition) is 4. The summed E-state index contributed by atoms with van der Waals surface area (Å²) in [5.74, 6) is 0. The van der Waals surface area contributed by atoms with Gasteiger partial charge < -0.3 is 14.5 Å². The summed E-state index contributed by atoms with van der Waals surface area (Å²) in [5, 5.41) is 8.93. The van der Waals surface area contributed by atoms with Crippen LogP contribution in [0.4, 0.5) is 10.5 Å². The van der Waals surface area contributed by atoms with Crippen molar-refractivity contribution in [3.8, 4) is 6.07 Å². The first-order valence-corrected chi connectivity index (χ1v) is 7.54. The highest BCUT2D eigenvalue weighted by Crippen LogP contribution is 2.23. The summed E-state index contributed by atoms with van der Waals surface area (Å²) >= 11 is 0. The Labute approximate surface area is 132 Å². The molecule has 0 unspecified atom stereocenters. The minimum Gasteiger partial charge on any atom is -0.444 e. The second kappa shape index (κ2) is 6.27. The van der Waals surface area contributed by atoms with E-state index in [1.165, 1.54) is 0 Å². The van der Waals surface area contributed by atoms with Crippen LogP contribution in [0.5, 0.6) is 0 Å². The lowest BCUT2D eigenvalue weighted by Crippen LogP contribution is -2.50. The Kier molecular flexibility index (Phi) is 4.60. The Balaban J connectivity index is 1.98. The van der Waals surface area contributed by atoms with Crippen molar-refractivity contribution in [1.82, 2.24) is 4.90 Å². The predicted octanol–water partition coefficient (Wildman–Crippen LogP) is 2.92. The van der Waals surface area contributed by atoms with Crippen LogP contribution >= 0.6 is 0 Å². The largest absolute Gasteiger partial charge is 0.444 e. The van der Waals surface area contributed by atoms with E-state index in [2.05, 4.69) is 11.0 Å². The first-order chi connectivity index (χ1) is 10.3. The number of hydrogen-bond donors (Lipinski definition) is 0. The van der Waals surface area contributed by atoms with Crippen molar-refractivity contribution in [3.05, 3.63) is 29.3 Å². The second-order valence-corrected chi connectivity index (χ2v) is 6.57. The molecule has 0 bridgehead atoms. The fourth-order valence-corrected chi connectivity index (χ4v) is 2.54. The van der Waals surface area contributed by atoms with Crippen LogP contribution in [-0.2, 0) is 4.74 Å². The summed E-state index contributed by atoms with van der Waals surface area (Å²) < 4.78 is 5.40. The molecular formula is C17H23N3O2. The van der Waals surface area contributed by atoms with Gasteiger partial charge in [0.25, 0.3) is 0 Å². The van der Waals surface area contributed by atoms with E-state index < -0.39 is 5.60 Å². The van der Waals surface area contributed by atoms with Crippen LogP contribution < -0.4 is 4.90 Å². The van der Waals surface area contributed by atoms with Crippen molar-refractivity contribution >= 4 is 11.8 Å².